The van der Waals surface area contributed by atoms with Gasteiger partial charge in [-0.2, -0.15) is 0 Å². The van der Waals surface area contributed by atoms with Crippen molar-refractivity contribution in [3.8, 4) is 0 Å². The number of unbranched alkanes of at least 4 members (excludes halogenated alkanes) is 1. The summed E-state index contributed by atoms with van der Waals surface area (Å²) in [6, 6.07) is 0. The van der Waals surface area contributed by atoms with Gasteiger partial charge in [-0.1, -0.05) is 0 Å². The highest BCUT2D eigenvalue weighted by atomic mass is 16.6. The van der Waals surface area contributed by atoms with E-state index < -0.39 is 42.3 Å². The summed E-state index contributed by atoms with van der Waals surface area (Å²) in [6.07, 6.45) is -2.01. The summed E-state index contributed by atoms with van der Waals surface area (Å²) >= 11 is 0. The molecule has 0 aromatic carbocycles. The Bertz CT molecular complexity index is 613. The first-order chi connectivity index (χ1) is 10.5. The topological polar surface area (TPSA) is 151 Å². The highest BCUT2D eigenvalue weighted by Gasteiger charge is 2.44. The highest BCUT2D eigenvalue weighted by Crippen LogP contribution is 2.31. The minimum atomic E-state index is -1.35. The molecule has 4 atom stereocenters. The molecular formula is C13H21N3O6. The molecule has 0 aliphatic carbocycles. The minimum Gasteiger partial charge on any atom is -0.394 e. The van der Waals surface area contributed by atoms with E-state index in [0.717, 1.165) is 6.42 Å². The van der Waals surface area contributed by atoms with Gasteiger partial charge >= 0.3 is 5.69 Å². The number of nitrogens with zero attached hydrogens (tertiary/aromatic N) is 1. The fourth-order valence-corrected chi connectivity index (χ4v) is 2.48. The van der Waals surface area contributed by atoms with E-state index in [9.17, 15) is 19.8 Å². The van der Waals surface area contributed by atoms with Crippen LogP contribution in [0.5, 0.6) is 0 Å². The third-order valence-corrected chi connectivity index (χ3v) is 3.74. The van der Waals surface area contributed by atoms with E-state index in [1.807, 2.05) is 0 Å². The molecule has 2 rings (SSSR count). The van der Waals surface area contributed by atoms with Crippen molar-refractivity contribution in [2.75, 3.05) is 13.2 Å². The number of H-pyrrole nitrogens is 1. The first-order valence-electron chi connectivity index (χ1n) is 7.15. The molecule has 0 bridgehead atoms. The van der Waals surface area contributed by atoms with Crippen LogP contribution in [0, 0.1) is 0 Å². The van der Waals surface area contributed by atoms with Crippen LogP contribution in [0.4, 0.5) is 0 Å². The number of aliphatic hydroxyl groups excluding tert-OH is 3. The number of rotatable bonds is 6. The van der Waals surface area contributed by atoms with Gasteiger partial charge in [0, 0.05) is 12.7 Å². The summed E-state index contributed by atoms with van der Waals surface area (Å²) in [5, 5.41) is 28.8. The van der Waals surface area contributed by atoms with Crippen LogP contribution in [-0.2, 0) is 11.3 Å². The fourth-order valence-electron chi connectivity index (χ4n) is 2.48. The predicted octanol–water partition coefficient (Wildman–Crippen LogP) is -2.57. The molecule has 1 fully saturated rings. The largest absolute Gasteiger partial charge is 0.394 e. The lowest BCUT2D eigenvalue weighted by molar-refractivity contribution is -0.0233. The minimum absolute atomic E-state index is 0.0369. The maximum Gasteiger partial charge on any atom is 0.328 e. The maximum absolute atomic E-state index is 11.9. The van der Waals surface area contributed by atoms with Crippen LogP contribution in [0.1, 0.15) is 24.5 Å². The standard InChI is InChI=1S/C13H21N3O6/c14-3-1-2-4-16-5-7(12(20)15-13(16)21)11-10(19)9(18)8(6-17)22-11/h5,8-11,17-19H,1-4,6,14H2,(H,15,20,21)/t8-,9-,10-,11+/m1/s1. The number of aryl methyl sites for hydroxylation is 1. The lowest BCUT2D eigenvalue weighted by atomic mass is 10.0. The van der Waals surface area contributed by atoms with E-state index in [2.05, 4.69) is 4.98 Å². The van der Waals surface area contributed by atoms with Crippen molar-refractivity contribution >= 4 is 0 Å². The molecule has 1 saturated heterocycles. The number of nitrogens with two attached hydrogens (primary N) is 1. The van der Waals surface area contributed by atoms with Crippen LogP contribution < -0.4 is 17.0 Å². The van der Waals surface area contributed by atoms with Crippen molar-refractivity contribution in [3.05, 3.63) is 32.6 Å². The molecule has 1 aromatic heterocycles. The Morgan fingerprint density at radius 1 is 1.27 bits per heavy atom. The van der Waals surface area contributed by atoms with Gasteiger partial charge in [0.25, 0.3) is 5.56 Å². The molecule has 22 heavy (non-hydrogen) atoms. The van der Waals surface area contributed by atoms with Crippen molar-refractivity contribution in [2.45, 2.75) is 43.8 Å². The van der Waals surface area contributed by atoms with Gasteiger partial charge in [-0.25, -0.2) is 4.79 Å². The monoisotopic (exact) mass is 315 g/mol. The molecule has 0 spiro atoms. The molecule has 6 N–H and O–H groups in total. The van der Waals surface area contributed by atoms with Gasteiger partial charge < -0.3 is 30.4 Å². The summed E-state index contributed by atoms with van der Waals surface area (Å²) in [6.45, 7) is 0.386. The van der Waals surface area contributed by atoms with Gasteiger partial charge in [-0.05, 0) is 19.4 Å². The number of ether oxygens (including phenoxy) is 1. The summed E-state index contributed by atoms with van der Waals surface area (Å²) in [5.74, 6) is 0. The van der Waals surface area contributed by atoms with Crippen LogP contribution >= 0.6 is 0 Å². The van der Waals surface area contributed by atoms with Crippen LogP contribution in [0.2, 0.25) is 0 Å². The molecular weight excluding hydrogens is 294 g/mol. The second-order valence-electron chi connectivity index (χ2n) is 5.29. The van der Waals surface area contributed by atoms with Crippen LogP contribution in [0.25, 0.3) is 0 Å². The average molecular weight is 315 g/mol. The summed E-state index contributed by atoms with van der Waals surface area (Å²) in [5.41, 5.74) is 4.19. The Labute approximate surface area is 126 Å². The molecule has 0 amide bonds. The lowest BCUT2D eigenvalue weighted by Gasteiger charge is -2.15. The van der Waals surface area contributed by atoms with Crippen LogP contribution in [-0.4, -0.2) is 56.3 Å². The van der Waals surface area contributed by atoms with Crippen molar-refractivity contribution in [2.24, 2.45) is 5.73 Å². The first kappa shape index (κ1) is 16.8. The number of aliphatic hydroxyl groups is 3. The van der Waals surface area contributed by atoms with Gasteiger partial charge in [-0.3, -0.25) is 9.78 Å². The van der Waals surface area contributed by atoms with Gasteiger partial charge in [0.2, 0.25) is 0 Å². The quantitative estimate of drug-likeness (QED) is 0.362. The normalized spacial score (nSPS) is 28.2. The second-order valence-corrected chi connectivity index (χ2v) is 5.29. The summed E-state index contributed by atoms with van der Waals surface area (Å²) < 4.78 is 6.62. The lowest BCUT2D eigenvalue weighted by Crippen LogP contribution is -2.36. The predicted molar refractivity (Wildman–Crippen MR) is 76.3 cm³/mol. The summed E-state index contributed by atoms with van der Waals surface area (Å²) in [4.78, 5) is 25.8. The molecule has 1 aliphatic heterocycles. The van der Waals surface area contributed by atoms with E-state index in [-0.39, 0.29) is 5.56 Å². The van der Waals surface area contributed by atoms with Gasteiger partial charge in [0.05, 0.1) is 12.2 Å². The molecule has 0 unspecified atom stereocenters. The Kier molecular flexibility index (Phi) is 5.48. The van der Waals surface area contributed by atoms with Gasteiger partial charge in [-0.15, -0.1) is 0 Å². The van der Waals surface area contributed by atoms with E-state index in [1.165, 1.54) is 10.8 Å². The van der Waals surface area contributed by atoms with E-state index >= 15 is 0 Å². The number of aromatic amines is 1. The highest BCUT2D eigenvalue weighted by molar-refractivity contribution is 5.14. The molecule has 0 radical (unpaired) electrons. The van der Waals surface area contributed by atoms with Crippen LogP contribution in [0.3, 0.4) is 0 Å². The Morgan fingerprint density at radius 2 is 2.00 bits per heavy atom. The third kappa shape index (κ3) is 3.28. The van der Waals surface area contributed by atoms with Crippen molar-refractivity contribution in [3.63, 3.8) is 0 Å². The van der Waals surface area contributed by atoms with Crippen molar-refractivity contribution in [1.82, 2.24) is 9.55 Å². The van der Waals surface area contributed by atoms with Gasteiger partial charge in [0.1, 0.15) is 24.4 Å². The Balaban J connectivity index is 2.29. The fraction of sp³-hybridized carbons (Fsp3) is 0.692. The molecule has 124 valence electrons. The second kappa shape index (κ2) is 7.16. The maximum atomic E-state index is 11.9. The van der Waals surface area contributed by atoms with Crippen molar-refractivity contribution < 1.29 is 20.1 Å². The molecule has 2 heterocycles. The molecule has 1 aromatic rings. The molecule has 9 heteroatoms. The third-order valence-electron chi connectivity index (χ3n) is 3.74. The van der Waals surface area contributed by atoms with E-state index in [4.69, 9.17) is 15.6 Å². The Morgan fingerprint density at radius 3 is 2.59 bits per heavy atom. The molecule has 9 nitrogen and oxygen atoms in total. The zero-order valence-corrected chi connectivity index (χ0v) is 12.0. The number of nitrogens with one attached hydrogen (secondary N) is 1. The van der Waals surface area contributed by atoms with E-state index in [1.54, 1.807) is 0 Å². The SMILES string of the molecule is NCCCCn1cc([C@@H]2O[C@H](CO)[C@@H](O)[C@H]2O)c(=O)[nH]c1=O. The van der Waals surface area contributed by atoms with Crippen LogP contribution in [0.15, 0.2) is 15.8 Å². The smallest absolute Gasteiger partial charge is 0.328 e. The number of hydrogen-bond donors (Lipinski definition) is 5. The number of aromatic nitrogens is 2. The number of hydrogen-bond acceptors (Lipinski definition) is 7. The van der Waals surface area contributed by atoms with E-state index in [0.29, 0.717) is 19.5 Å². The van der Waals surface area contributed by atoms with Gasteiger partial charge in [0.15, 0.2) is 0 Å². The molecule has 0 saturated carbocycles. The average Bonchev–Trinajstić information content (AvgIpc) is 2.77. The summed E-state index contributed by atoms with van der Waals surface area (Å²) in [7, 11) is 0. The van der Waals surface area contributed by atoms with Crippen molar-refractivity contribution in [1.29, 1.82) is 0 Å². The first-order valence-corrected chi connectivity index (χ1v) is 7.15. The Hall–Kier alpha value is -1.52. The zero-order valence-electron chi connectivity index (χ0n) is 12.0. The molecule has 1 aliphatic rings. The zero-order chi connectivity index (χ0) is 16.3.